The van der Waals surface area contributed by atoms with Crippen molar-refractivity contribution in [3.8, 4) is 0 Å². The molecular formula is C16H26N4S. The van der Waals surface area contributed by atoms with Crippen LogP contribution in [0, 0.1) is 13.8 Å². The Balaban J connectivity index is 2.02. The highest BCUT2D eigenvalue weighted by Gasteiger charge is 2.14. The summed E-state index contributed by atoms with van der Waals surface area (Å²) in [4.78, 5) is 4.51. The van der Waals surface area contributed by atoms with Crippen LogP contribution in [0.15, 0.2) is 12.3 Å². The van der Waals surface area contributed by atoms with Gasteiger partial charge in [0.2, 0.25) is 0 Å². The standard InChI is InChI=1S/C16H26N4S/c1-11-9-15-18-10-14(13(3)20(15)19-11)12(2)17-7-8-21-16(4,5)6/h9-10,12,17H,7-8H2,1-6H3/t12-/m1/s1. The first-order valence-electron chi connectivity index (χ1n) is 7.47. The highest BCUT2D eigenvalue weighted by molar-refractivity contribution is 8.00. The van der Waals surface area contributed by atoms with Gasteiger partial charge in [-0.05, 0) is 20.8 Å². The summed E-state index contributed by atoms with van der Waals surface area (Å²) in [6.07, 6.45) is 1.97. The van der Waals surface area contributed by atoms with Gasteiger partial charge in [-0.1, -0.05) is 20.8 Å². The number of hydrogen-bond donors (Lipinski definition) is 1. The summed E-state index contributed by atoms with van der Waals surface area (Å²) in [5.41, 5.74) is 4.30. The average Bonchev–Trinajstić information content (AvgIpc) is 2.75. The first-order valence-corrected chi connectivity index (χ1v) is 8.46. The van der Waals surface area contributed by atoms with E-state index < -0.39 is 0 Å². The molecule has 5 heteroatoms. The SMILES string of the molecule is Cc1cc2ncc([C@@H](C)NCCSC(C)(C)C)c(C)n2n1. The van der Waals surface area contributed by atoms with Crippen LogP contribution in [-0.2, 0) is 0 Å². The van der Waals surface area contributed by atoms with Gasteiger partial charge in [0.05, 0.1) is 5.69 Å². The average molecular weight is 306 g/mol. The van der Waals surface area contributed by atoms with E-state index in [1.54, 1.807) is 0 Å². The molecule has 0 aliphatic rings. The summed E-state index contributed by atoms with van der Waals surface area (Å²) >= 11 is 1.99. The topological polar surface area (TPSA) is 42.2 Å². The van der Waals surface area contributed by atoms with E-state index in [2.05, 4.69) is 50.0 Å². The molecule has 21 heavy (non-hydrogen) atoms. The Hall–Kier alpha value is -1.07. The monoisotopic (exact) mass is 306 g/mol. The summed E-state index contributed by atoms with van der Waals surface area (Å²) in [6, 6.07) is 2.29. The molecule has 1 atom stereocenters. The van der Waals surface area contributed by atoms with Crippen LogP contribution in [0.2, 0.25) is 0 Å². The predicted molar refractivity (Wildman–Crippen MR) is 91.1 cm³/mol. The summed E-state index contributed by atoms with van der Waals surface area (Å²) in [5, 5.41) is 8.09. The lowest BCUT2D eigenvalue weighted by atomic mass is 10.1. The zero-order valence-electron chi connectivity index (χ0n) is 13.9. The molecule has 0 aromatic carbocycles. The third-order valence-electron chi connectivity index (χ3n) is 3.44. The fourth-order valence-electron chi connectivity index (χ4n) is 2.34. The van der Waals surface area contributed by atoms with Crippen LogP contribution in [0.25, 0.3) is 5.65 Å². The van der Waals surface area contributed by atoms with Crippen molar-refractivity contribution in [2.24, 2.45) is 0 Å². The summed E-state index contributed by atoms with van der Waals surface area (Å²) in [6.45, 7) is 14.1. The fraction of sp³-hybridized carbons (Fsp3) is 0.625. The van der Waals surface area contributed by atoms with Gasteiger partial charge in [-0.25, -0.2) is 9.50 Å². The Morgan fingerprint density at radius 3 is 2.71 bits per heavy atom. The largest absolute Gasteiger partial charge is 0.309 e. The van der Waals surface area contributed by atoms with Crippen molar-refractivity contribution in [3.05, 3.63) is 29.2 Å². The van der Waals surface area contributed by atoms with E-state index in [0.29, 0.717) is 4.75 Å². The lowest BCUT2D eigenvalue weighted by Gasteiger charge is -2.20. The number of fused-ring (bicyclic) bond motifs is 1. The molecule has 0 aliphatic heterocycles. The van der Waals surface area contributed by atoms with Gasteiger partial charge < -0.3 is 5.32 Å². The zero-order valence-corrected chi connectivity index (χ0v) is 14.7. The minimum absolute atomic E-state index is 0.284. The Morgan fingerprint density at radius 1 is 1.33 bits per heavy atom. The number of hydrogen-bond acceptors (Lipinski definition) is 4. The van der Waals surface area contributed by atoms with Crippen LogP contribution < -0.4 is 5.32 Å². The number of rotatable bonds is 5. The maximum absolute atomic E-state index is 4.51. The van der Waals surface area contributed by atoms with Gasteiger partial charge in [-0.2, -0.15) is 16.9 Å². The van der Waals surface area contributed by atoms with Crippen LogP contribution >= 0.6 is 11.8 Å². The van der Waals surface area contributed by atoms with E-state index in [0.717, 1.165) is 29.3 Å². The predicted octanol–water partition coefficient (Wildman–Crippen LogP) is 3.53. The second-order valence-electron chi connectivity index (χ2n) is 6.49. The van der Waals surface area contributed by atoms with E-state index in [9.17, 15) is 0 Å². The quantitative estimate of drug-likeness (QED) is 0.858. The molecule has 0 fully saturated rings. The Morgan fingerprint density at radius 2 is 2.05 bits per heavy atom. The maximum Gasteiger partial charge on any atom is 0.155 e. The van der Waals surface area contributed by atoms with Gasteiger partial charge in [0.15, 0.2) is 5.65 Å². The molecule has 0 bridgehead atoms. The fourth-order valence-corrected chi connectivity index (χ4v) is 3.18. The number of nitrogens with one attached hydrogen (secondary N) is 1. The van der Waals surface area contributed by atoms with Gasteiger partial charge in [0.25, 0.3) is 0 Å². The molecule has 2 aromatic rings. The molecule has 0 spiro atoms. The molecule has 0 amide bonds. The van der Waals surface area contributed by atoms with Gasteiger partial charge in [-0.3, -0.25) is 0 Å². The molecule has 4 nitrogen and oxygen atoms in total. The van der Waals surface area contributed by atoms with E-state index in [1.165, 1.54) is 5.56 Å². The van der Waals surface area contributed by atoms with Gasteiger partial charge in [-0.15, -0.1) is 0 Å². The molecule has 1 N–H and O–H groups in total. The van der Waals surface area contributed by atoms with Crippen molar-refractivity contribution < 1.29 is 0 Å². The zero-order chi connectivity index (χ0) is 15.6. The van der Waals surface area contributed by atoms with Crippen LogP contribution in [0.3, 0.4) is 0 Å². The third kappa shape index (κ3) is 4.20. The molecular weight excluding hydrogens is 280 g/mol. The lowest BCUT2D eigenvalue weighted by Crippen LogP contribution is -2.24. The van der Waals surface area contributed by atoms with E-state index in [-0.39, 0.29) is 6.04 Å². The van der Waals surface area contributed by atoms with Crippen LogP contribution in [0.4, 0.5) is 0 Å². The number of aromatic nitrogens is 3. The highest BCUT2D eigenvalue weighted by atomic mass is 32.2. The van der Waals surface area contributed by atoms with E-state index in [4.69, 9.17) is 0 Å². The van der Waals surface area contributed by atoms with Crippen LogP contribution in [0.1, 0.15) is 50.7 Å². The molecule has 116 valence electrons. The van der Waals surface area contributed by atoms with Crippen molar-refractivity contribution in [3.63, 3.8) is 0 Å². The number of nitrogens with zero attached hydrogens (tertiary/aromatic N) is 3. The summed E-state index contributed by atoms with van der Waals surface area (Å²) in [5.74, 6) is 1.11. The Bertz CT molecular complexity index is 612. The maximum atomic E-state index is 4.51. The van der Waals surface area contributed by atoms with Gasteiger partial charge in [0.1, 0.15) is 0 Å². The van der Waals surface area contributed by atoms with Crippen molar-refractivity contribution in [2.75, 3.05) is 12.3 Å². The van der Waals surface area contributed by atoms with Crippen LogP contribution in [-0.4, -0.2) is 31.6 Å². The van der Waals surface area contributed by atoms with Crippen LogP contribution in [0.5, 0.6) is 0 Å². The molecule has 2 heterocycles. The third-order valence-corrected chi connectivity index (χ3v) is 4.71. The molecule has 0 aliphatic carbocycles. The van der Waals surface area contributed by atoms with Gasteiger partial charge in [0, 0.05) is 46.6 Å². The minimum Gasteiger partial charge on any atom is -0.309 e. The highest BCUT2D eigenvalue weighted by Crippen LogP contribution is 2.23. The smallest absolute Gasteiger partial charge is 0.155 e. The minimum atomic E-state index is 0.284. The van der Waals surface area contributed by atoms with Crippen molar-refractivity contribution in [2.45, 2.75) is 52.3 Å². The lowest BCUT2D eigenvalue weighted by molar-refractivity contribution is 0.588. The molecule has 0 radical (unpaired) electrons. The molecule has 0 saturated carbocycles. The van der Waals surface area contributed by atoms with E-state index >= 15 is 0 Å². The first kappa shape index (κ1) is 16.3. The van der Waals surface area contributed by atoms with Gasteiger partial charge >= 0.3 is 0 Å². The second kappa shape index (κ2) is 6.36. The number of aryl methyl sites for hydroxylation is 2. The molecule has 0 unspecified atom stereocenters. The summed E-state index contributed by atoms with van der Waals surface area (Å²) in [7, 11) is 0. The Kier molecular flexibility index (Phi) is 4.94. The normalized spacial score (nSPS) is 13.8. The molecule has 2 rings (SSSR count). The van der Waals surface area contributed by atoms with Crippen molar-refractivity contribution in [1.82, 2.24) is 19.9 Å². The number of thioether (sulfide) groups is 1. The van der Waals surface area contributed by atoms with Crippen molar-refractivity contribution in [1.29, 1.82) is 0 Å². The Labute approximate surface area is 131 Å². The van der Waals surface area contributed by atoms with E-state index in [1.807, 2.05) is 35.5 Å². The molecule has 0 saturated heterocycles. The summed E-state index contributed by atoms with van der Waals surface area (Å²) < 4.78 is 2.26. The second-order valence-corrected chi connectivity index (χ2v) is 8.41. The van der Waals surface area contributed by atoms with Crippen molar-refractivity contribution >= 4 is 17.4 Å². The molecule has 2 aromatic heterocycles. The first-order chi connectivity index (χ1) is 9.78.